The SMILES string of the molecule is Nc1c(C(=O)NCC(O)c2ccc(Cl)s2)cccc1[N+](=O)[O-]. The van der Waals surface area contributed by atoms with E-state index in [1.807, 2.05) is 0 Å². The van der Waals surface area contributed by atoms with Crippen LogP contribution in [0.3, 0.4) is 0 Å². The molecule has 7 nitrogen and oxygen atoms in total. The predicted molar refractivity (Wildman–Crippen MR) is 84.1 cm³/mol. The van der Waals surface area contributed by atoms with Crippen LogP contribution in [-0.2, 0) is 0 Å². The van der Waals surface area contributed by atoms with Crippen LogP contribution in [0.5, 0.6) is 0 Å². The number of hydrogen-bond acceptors (Lipinski definition) is 6. The smallest absolute Gasteiger partial charge is 0.292 e. The van der Waals surface area contributed by atoms with Crippen LogP contribution in [0.1, 0.15) is 21.3 Å². The summed E-state index contributed by atoms with van der Waals surface area (Å²) in [5.74, 6) is -0.595. The van der Waals surface area contributed by atoms with Gasteiger partial charge in [-0.1, -0.05) is 17.7 Å². The van der Waals surface area contributed by atoms with Crippen molar-refractivity contribution >= 4 is 40.2 Å². The summed E-state index contributed by atoms with van der Waals surface area (Å²) in [5.41, 5.74) is 5.07. The standard InChI is InChI=1S/C13H12ClN3O4S/c14-11-5-4-10(22-11)9(18)6-16-13(19)7-2-1-3-8(12(7)15)17(20)21/h1-5,9,18H,6,15H2,(H,16,19). The maximum atomic E-state index is 12.0. The van der Waals surface area contributed by atoms with E-state index in [1.165, 1.54) is 29.5 Å². The molecule has 1 aromatic heterocycles. The molecule has 0 aliphatic heterocycles. The Labute approximate surface area is 134 Å². The normalized spacial score (nSPS) is 11.9. The van der Waals surface area contributed by atoms with Crippen molar-refractivity contribution in [1.29, 1.82) is 0 Å². The van der Waals surface area contributed by atoms with Gasteiger partial charge < -0.3 is 16.2 Å². The molecule has 1 unspecified atom stereocenters. The lowest BCUT2D eigenvalue weighted by Crippen LogP contribution is -2.28. The van der Waals surface area contributed by atoms with Crippen LogP contribution < -0.4 is 11.1 Å². The summed E-state index contributed by atoms with van der Waals surface area (Å²) in [6.07, 6.45) is -0.915. The van der Waals surface area contributed by atoms with E-state index in [0.29, 0.717) is 9.21 Å². The van der Waals surface area contributed by atoms with Crippen LogP contribution in [0, 0.1) is 10.1 Å². The van der Waals surface area contributed by atoms with Crippen molar-refractivity contribution in [1.82, 2.24) is 5.32 Å². The first-order valence-corrected chi connectivity index (χ1v) is 7.34. The summed E-state index contributed by atoms with van der Waals surface area (Å²) >= 11 is 6.97. The van der Waals surface area contributed by atoms with Crippen molar-refractivity contribution in [2.24, 2.45) is 0 Å². The number of carbonyl (C=O) groups is 1. The number of carbonyl (C=O) groups excluding carboxylic acids is 1. The monoisotopic (exact) mass is 341 g/mol. The maximum Gasteiger partial charge on any atom is 0.292 e. The molecule has 4 N–H and O–H groups in total. The number of hydrogen-bond donors (Lipinski definition) is 3. The van der Waals surface area contributed by atoms with E-state index in [0.717, 1.165) is 0 Å². The Morgan fingerprint density at radius 1 is 1.45 bits per heavy atom. The zero-order valence-electron chi connectivity index (χ0n) is 11.2. The van der Waals surface area contributed by atoms with E-state index in [-0.39, 0.29) is 23.5 Å². The fraction of sp³-hybridized carbons (Fsp3) is 0.154. The number of nitrogens with zero attached hydrogens (tertiary/aromatic N) is 1. The van der Waals surface area contributed by atoms with Crippen molar-refractivity contribution in [3.8, 4) is 0 Å². The number of benzene rings is 1. The highest BCUT2D eigenvalue weighted by Gasteiger charge is 2.20. The number of anilines is 1. The van der Waals surface area contributed by atoms with Crippen LogP contribution in [0.2, 0.25) is 4.34 Å². The highest BCUT2D eigenvalue weighted by molar-refractivity contribution is 7.16. The number of aliphatic hydroxyl groups excluding tert-OH is 1. The molecule has 1 aromatic carbocycles. The van der Waals surface area contributed by atoms with Gasteiger partial charge in [-0.2, -0.15) is 0 Å². The molecule has 0 fully saturated rings. The Hall–Kier alpha value is -2.16. The number of nitro groups is 1. The Balaban J connectivity index is 2.07. The molecule has 1 amide bonds. The molecule has 0 saturated carbocycles. The minimum Gasteiger partial charge on any atom is -0.393 e. The third-order valence-corrected chi connectivity index (χ3v) is 4.24. The lowest BCUT2D eigenvalue weighted by molar-refractivity contribution is -0.383. The number of nitrogen functional groups attached to an aromatic ring is 1. The Morgan fingerprint density at radius 2 is 2.18 bits per heavy atom. The minimum atomic E-state index is -0.915. The van der Waals surface area contributed by atoms with Crippen molar-refractivity contribution < 1.29 is 14.8 Å². The van der Waals surface area contributed by atoms with E-state index in [1.54, 1.807) is 12.1 Å². The lowest BCUT2D eigenvalue weighted by Gasteiger charge is -2.11. The van der Waals surface area contributed by atoms with Gasteiger partial charge in [0.05, 0.1) is 14.8 Å². The Morgan fingerprint density at radius 3 is 2.77 bits per heavy atom. The number of amides is 1. The van der Waals surface area contributed by atoms with E-state index in [9.17, 15) is 20.0 Å². The van der Waals surface area contributed by atoms with Crippen LogP contribution in [0.25, 0.3) is 0 Å². The second-order valence-electron chi connectivity index (χ2n) is 4.36. The van der Waals surface area contributed by atoms with Crippen LogP contribution >= 0.6 is 22.9 Å². The van der Waals surface area contributed by atoms with Crippen molar-refractivity contribution in [2.75, 3.05) is 12.3 Å². The third kappa shape index (κ3) is 3.53. The average molecular weight is 342 g/mol. The average Bonchev–Trinajstić information content (AvgIpc) is 2.91. The lowest BCUT2D eigenvalue weighted by atomic mass is 10.1. The molecule has 0 bridgehead atoms. The number of para-hydroxylation sites is 1. The first-order valence-electron chi connectivity index (χ1n) is 6.14. The summed E-state index contributed by atoms with van der Waals surface area (Å²) in [6, 6.07) is 7.27. The highest BCUT2D eigenvalue weighted by Crippen LogP contribution is 2.27. The van der Waals surface area contributed by atoms with Gasteiger partial charge in [-0.05, 0) is 18.2 Å². The molecule has 2 rings (SSSR count). The van der Waals surface area contributed by atoms with Gasteiger partial charge in [0.25, 0.3) is 11.6 Å². The Bertz CT molecular complexity index is 719. The molecule has 2 aromatic rings. The third-order valence-electron chi connectivity index (χ3n) is 2.90. The first-order chi connectivity index (χ1) is 10.4. The number of nitrogens with one attached hydrogen (secondary N) is 1. The van der Waals surface area contributed by atoms with Gasteiger partial charge in [-0.25, -0.2) is 0 Å². The molecule has 0 aliphatic rings. The van der Waals surface area contributed by atoms with E-state index < -0.39 is 16.9 Å². The predicted octanol–water partition coefficient (Wildman–Crippen LogP) is 2.36. The summed E-state index contributed by atoms with van der Waals surface area (Å²) in [4.78, 5) is 22.8. The van der Waals surface area contributed by atoms with Gasteiger partial charge in [0, 0.05) is 17.5 Å². The van der Waals surface area contributed by atoms with Crippen molar-refractivity contribution in [2.45, 2.75) is 6.10 Å². The van der Waals surface area contributed by atoms with Gasteiger partial charge in [-0.15, -0.1) is 11.3 Å². The molecule has 0 spiro atoms. The fourth-order valence-electron chi connectivity index (χ4n) is 1.80. The van der Waals surface area contributed by atoms with Gasteiger partial charge in [0.2, 0.25) is 0 Å². The van der Waals surface area contributed by atoms with Crippen LogP contribution in [0.4, 0.5) is 11.4 Å². The zero-order valence-corrected chi connectivity index (χ0v) is 12.7. The molecule has 0 radical (unpaired) electrons. The van der Waals surface area contributed by atoms with Gasteiger partial charge in [-0.3, -0.25) is 14.9 Å². The van der Waals surface area contributed by atoms with Gasteiger partial charge >= 0.3 is 0 Å². The molecule has 0 aliphatic carbocycles. The molecular weight excluding hydrogens is 330 g/mol. The summed E-state index contributed by atoms with van der Waals surface area (Å²) in [5, 5.41) is 23.2. The second kappa shape index (κ2) is 6.73. The molecular formula is C13H12ClN3O4S. The number of rotatable bonds is 5. The number of halogens is 1. The minimum absolute atomic E-state index is 0.00869. The molecule has 1 heterocycles. The van der Waals surface area contributed by atoms with Crippen LogP contribution in [-0.4, -0.2) is 22.5 Å². The van der Waals surface area contributed by atoms with Crippen molar-refractivity contribution in [3.63, 3.8) is 0 Å². The molecule has 116 valence electrons. The number of nitrogens with two attached hydrogens (primary N) is 1. The second-order valence-corrected chi connectivity index (χ2v) is 6.11. The number of thiophene rings is 1. The highest BCUT2D eigenvalue weighted by atomic mass is 35.5. The van der Waals surface area contributed by atoms with E-state index in [4.69, 9.17) is 17.3 Å². The quantitative estimate of drug-likeness (QED) is 0.438. The van der Waals surface area contributed by atoms with Crippen LogP contribution in [0.15, 0.2) is 30.3 Å². The maximum absolute atomic E-state index is 12.0. The summed E-state index contributed by atoms with van der Waals surface area (Å²) in [6.45, 7) is -0.0577. The van der Waals surface area contributed by atoms with Crippen molar-refractivity contribution in [3.05, 3.63) is 55.2 Å². The topological polar surface area (TPSA) is 118 Å². The first kappa shape index (κ1) is 16.2. The number of nitro benzene ring substituents is 1. The molecule has 22 heavy (non-hydrogen) atoms. The summed E-state index contributed by atoms with van der Waals surface area (Å²) < 4.78 is 0.531. The largest absolute Gasteiger partial charge is 0.393 e. The molecule has 0 saturated heterocycles. The van der Waals surface area contributed by atoms with E-state index in [2.05, 4.69) is 5.32 Å². The molecule has 9 heteroatoms. The summed E-state index contributed by atoms with van der Waals surface area (Å²) in [7, 11) is 0. The van der Waals surface area contributed by atoms with Gasteiger partial charge in [0.1, 0.15) is 11.8 Å². The fourth-order valence-corrected chi connectivity index (χ4v) is 2.85. The molecule has 1 atom stereocenters. The number of aliphatic hydroxyl groups is 1. The van der Waals surface area contributed by atoms with Gasteiger partial charge in [0.15, 0.2) is 0 Å². The Kier molecular flexibility index (Phi) is 4.96. The zero-order chi connectivity index (χ0) is 16.3. The van der Waals surface area contributed by atoms with E-state index >= 15 is 0 Å².